The number of fused-ring (bicyclic) bond motifs is 1. The molecule has 9 heteroatoms. The minimum absolute atomic E-state index is 0.176. The molecular formula is C20H21N5O3S. The average Bonchev–Trinajstić information content (AvgIpc) is 3.32. The van der Waals surface area contributed by atoms with Gasteiger partial charge in [-0.05, 0) is 45.0 Å². The predicted octanol–water partition coefficient (Wildman–Crippen LogP) is 3.32. The molecule has 0 bridgehead atoms. The molecular weight excluding hydrogens is 390 g/mol. The molecule has 0 aliphatic carbocycles. The molecule has 0 fully saturated rings. The summed E-state index contributed by atoms with van der Waals surface area (Å²) in [5.74, 6) is 0.791. The SMILES string of the molecule is C[C@H](Sc1nnc(-c2ccco2)n1C)C(=O)N1c2ccccc2NC(=O)C1(C)C. The monoisotopic (exact) mass is 411 g/mol. The van der Waals surface area contributed by atoms with Crippen molar-refractivity contribution in [2.75, 3.05) is 10.2 Å². The number of hydrogen-bond acceptors (Lipinski definition) is 6. The Morgan fingerprint density at radius 2 is 1.97 bits per heavy atom. The molecule has 1 aliphatic heterocycles. The van der Waals surface area contributed by atoms with E-state index >= 15 is 0 Å². The fraction of sp³-hybridized carbons (Fsp3) is 0.300. The maximum atomic E-state index is 13.4. The van der Waals surface area contributed by atoms with Gasteiger partial charge in [0, 0.05) is 7.05 Å². The van der Waals surface area contributed by atoms with Crippen LogP contribution in [0.15, 0.2) is 52.2 Å². The van der Waals surface area contributed by atoms with E-state index in [1.54, 1.807) is 54.7 Å². The van der Waals surface area contributed by atoms with Crippen LogP contribution in [-0.2, 0) is 16.6 Å². The maximum absolute atomic E-state index is 13.4. The van der Waals surface area contributed by atoms with Crippen LogP contribution in [0.2, 0.25) is 0 Å². The topological polar surface area (TPSA) is 93.3 Å². The molecule has 1 aliphatic rings. The number of rotatable bonds is 4. The minimum atomic E-state index is -1.01. The van der Waals surface area contributed by atoms with Crippen molar-refractivity contribution in [3.05, 3.63) is 42.7 Å². The Bertz CT molecular complexity index is 1070. The number of benzene rings is 1. The summed E-state index contributed by atoms with van der Waals surface area (Å²) in [6, 6.07) is 10.9. The quantitative estimate of drug-likeness (QED) is 0.662. The van der Waals surface area contributed by atoms with Crippen molar-refractivity contribution in [2.45, 2.75) is 36.7 Å². The number of nitrogens with zero attached hydrogens (tertiary/aromatic N) is 4. The van der Waals surface area contributed by atoms with E-state index < -0.39 is 10.8 Å². The average molecular weight is 411 g/mol. The van der Waals surface area contributed by atoms with Crippen LogP contribution in [-0.4, -0.2) is 37.4 Å². The standard InChI is InChI=1S/C20H21N5O3S/c1-12(29-19-23-22-16(24(19)4)15-10-7-11-28-15)17(26)25-14-9-6-5-8-13(14)21-18(27)20(25,2)3/h5-12H,1-4H3,(H,21,27)/t12-/m0/s1. The van der Waals surface area contributed by atoms with Gasteiger partial charge in [-0.2, -0.15) is 0 Å². The van der Waals surface area contributed by atoms with Crippen LogP contribution in [0.25, 0.3) is 11.6 Å². The van der Waals surface area contributed by atoms with Crippen molar-refractivity contribution in [1.82, 2.24) is 14.8 Å². The fourth-order valence-electron chi connectivity index (χ4n) is 3.27. The lowest BCUT2D eigenvalue weighted by molar-refractivity contribution is -0.126. The summed E-state index contributed by atoms with van der Waals surface area (Å²) in [7, 11) is 1.82. The second-order valence-electron chi connectivity index (χ2n) is 7.31. The lowest BCUT2D eigenvalue weighted by Crippen LogP contribution is -2.60. The van der Waals surface area contributed by atoms with E-state index in [1.165, 1.54) is 11.8 Å². The zero-order valence-electron chi connectivity index (χ0n) is 16.5. The fourth-order valence-corrected chi connectivity index (χ4v) is 4.13. The summed E-state index contributed by atoms with van der Waals surface area (Å²) in [4.78, 5) is 27.6. The summed E-state index contributed by atoms with van der Waals surface area (Å²) < 4.78 is 7.17. The maximum Gasteiger partial charge on any atom is 0.250 e. The number of hydrogen-bond donors (Lipinski definition) is 1. The number of furan rings is 1. The third kappa shape index (κ3) is 3.21. The first-order valence-electron chi connectivity index (χ1n) is 9.15. The molecule has 0 saturated carbocycles. The van der Waals surface area contributed by atoms with Crippen molar-refractivity contribution in [1.29, 1.82) is 0 Å². The Labute approximate surface area is 172 Å². The second kappa shape index (κ2) is 7.07. The van der Waals surface area contributed by atoms with Crippen LogP contribution < -0.4 is 10.2 Å². The summed E-state index contributed by atoms with van der Waals surface area (Å²) >= 11 is 1.29. The number of carbonyl (C=O) groups is 2. The zero-order valence-corrected chi connectivity index (χ0v) is 17.4. The number of para-hydroxylation sites is 2. The molecule has 0 spiro atoms. The lowest BCUT2D eigenvalue weighted by Gasteiger charge is -2.43. The lowest BCUT2D eigenvalue weighted by atomic mass is 9.96. The summed E-state index contributed by atoms with van der Waals surface area (Å²) in [5, 5.41) is 11.3. The van der Waals surface area contributed by atoms with Gasteiger partial charge in [0.1, 0.15) is 5.54 Å². The summed E-state index contributed by atoms with van der Waals surface area (Å²) in [5.41, 5.74) is 0.296. The van der Waals surface area contributed by atoms with Gasteiger partial charge >= 0.3 is 0 Å². The van der Waals surface area contributed by atoms with Crippen LogP contribution in [0.1, 0.15) is 20.8 Å². The largest absolute Gasteiger partial charge is 0.461 e. The predicted molar refractivity (Wildman–Crippen MR) is 111 cm³/mol. The molecule has 8 nitrogen and oxygen atoms in total. The van der Waals surface area contributed by atoms with Crippen molar-refractivity contribution in [2.24, 2.45) is 7.05 Å². The van der Waals surface area contributed by atoms with Crippen LogP contribution >= 0.6 is 11.8 Å². The highest BCUT2D eigenvalue weighted by atomic mass is 32.2. The van der Waals surface area contributed by atoms with Gasteiger partial charge in [0.05, 0.1) is 22.9 Å². The third-order valence-corrected chi connectivity index (χ3v) is 6.06. The first-order chi connectivity index (χ1) is 13.8. The molecule has 4 rings (SSSR count). The molecule has 2 amide bonds. The Balaban J connectivity index is 1.62. The van der Waals surface area contributed by atoms with Gasteiger partial charge in [-0.15, -0.1) is 10.2 Å². The molecule has 150 valence electrons. The van der Waals surface area contributed by atoms with Gasteiger partial charge < -0.3 is 14.3 Å². The summed E-state index contributed by atoms with van der Waals surface area (Å²) in [6.07, 6.45) is 1.57. The van der Waals surface area contributed by atoms with Crippen LogP contribution in [0.5, 0.6) is 0 Å². The number of anilines is 2. The molecule has 29 heavy (non-hydrogen) atoms. The molecule has 1 atom stereocenters. The molecule has 0 unspecified atom stereocenters. The molecule has 3 heterocycles. The number of aromatic nitrogens is 3. The van der Waals surface area contributed by atoms with Gasteiger partial charge in [0.15, 0.2) is 16.7 Å². The molecule has 0 saturated heterocycles. The number of carbonyl (C=O) groups excluding carboxylic acids is 2. The molecule has 1 N–H and O–H groups in total. The van der Waals surface area contributed by atoms with Gasteiger partial charge in [0.25, 0.3) is 0 Å². The molecule has 1 aromatic carbocycles. The van der Waals surface area contributed by atoms with Gasteiger partial charge in [-0.1, -0.05) is 23.9 Å². The number of thioether (sulfide) groups is 1. The van der Waals surface area contributed by atoms with Gasteiger partial charge in [-0.25, -0.2) is 0 Å². The van der Waals surface area contributed by atoms with E-state index in [1.807, 2.05) is 25.2 Å². The van der Waals surface area contributed by atoms with E-state index in [0.29, 0.717) is 28.1 Å². The van der Waals surface area contributed by atoms with Crippen molar-refractivity contribution < 1.29 is 14.0 Å². The Kier molecular flexibility index (Phi) is 4.70. The van der Waals surface area contributed by atoms with Crippen LogP contribution in [0.4, 0.5) is 11.4 Å². The first-order valence-corrected chi connectivity index (χ1v) is 10.0. The Hall–Kier alpha value is -3.07. The number of amides is 2. The van der Waals surface area contributed by atoms with E-state index in [0.717, 1.165) is 0 Å². The Morgan fingerprint density at radius 1 is 1.21 bits per heavy atom. The highest BCUT2D eigenvalue weighted by molar-refractivity contribution is 8.00. The van der Waals surface area contributed by atoms with Crippen molar-refractivity contribution in [3.63, 3.8) is 0 Å². The number of nitrogens with one attached hydrogen (secondary N) is 1. The Morgan fingerprint density at radius 3 is 2.69 bits per heavy atom. The highest BCUT2D eigenvalue weighted by Crippen LogP contribution is 2.38. The normalized spacial score (nSPS) is 16.3. The highest BCUT2D eigenvalue weighted by Gasteiger charge is 2.45. The smallest absolute Gasteiger partial charge is 0.250 e. The van der Waals surface area contributed by atoms with Gasteiger partial charge in [-0.3, -0.25) is 14.5 Å². The van der Waals surface area contributed by atoms with Crippen LogP contribution in [0.3, 0.4) is 0 Å². The van der Waals surface area contributed by atoms with E-state index in [4.69, 9.17) is 4.42 Å². The second-order valence-corrected chi connectivity index (χ2v) is 8.61. The van der Waals surface area contributed by atoms with Gasteiger partial charge in [0.2, 0.25) is 11.8 Å². The van der Waals surface area contributed by atoms with Crippen molar-refractivity contribution in [3.8, 4) is 11.6 Å². The van der Waals surface area contributed by atoms with Crippen LogP contribution in [0, 0.1) is 0 Å². The summed E-state index contributed by atoms with van der Waals surface area (Å²) in [6.45, 7) is 5.29. The van der Waals surface area contributed by atoms with Crippen molar-refractivity contribution >= 4 is 35.0 Å². The minimum Gasteiger partial charge on any atom is -0.461 e. The molecule has 0 radical (unpaired) electrons. The first kappa shape index (κ1) is 19.3. The van der Waals surface area contributed by atoms with E-state index in [2.05, 4.69) is 15.5 Å². The zero-order chi connectivity index (χ0) is 20.8. The molecule has 3 aromatic rings. The van der Waals surface area contributed by atoms with E-state index in [9.17, 15) is 9.59 Å². The molecule has 2 aromatic heterocycles. The van der Waals surface area contributed by atoms with E-state index in [-0.39, 0.29) is 11.8 Å². The third-order valence-electron chi connectivity index (χ3n) is 4.93.